The summed E-state index contributed by atoms with van der Waals surface area (Å²) >= 11 is 0. The van der Waals surface area contributed by atoms with Gasteiger partial charge in [0.25, 0.3) is 0 Å². The maximum atomic E-state index is 11.5. The summed E-state index contributed by atoms with van der Waals surface area (Å²) in [5.74, 6) is 0. The summed E-state index contributed by atoms with van der Waals surface area (Å²) in [6.45, 7) is 8.07. The van der Waals surface area contributed by atoms with E-state index >= 15 is 0 Å². The van der Waals surface area contributed by atoms with Crippen LogP contribution >= 0.6 is 0 Å². The van der Waals surface area contributed by atoms with E-state index in [1.807, 2.05) is 40.0 Å². The maximum Gasteiger partial charge on any atom is 0.407 e. The van der Waals surface area contributed by atoms with Crippen LogP contribution in [0.1, 0.15) is 23.9 Å². The summed E-state index contributed by atoms with van der Waals surface area (Å²) in [5.41, 5.74) is 2.72. The van der Waals surface area contributed by atoms with E-state index in [9.17, 15) is 9.90 Å². The Kier molecular flexibility index (Phi) is 3.99. The topological polar surface area (TPSA) is 56.7 Å². The SMILES string of the molecule is Cc1cc(C[C@@]2(C)CN(C)CCN2C(=O)O)cc(C)n1. The smallest absolute Gasteiger partial charge is 0.407 e. The van der Waals surface area contributed by atoms with Crippen molar-refractivity contribution in [2.24, 2.45) is 0 Å². The standard InChI is InChI=1S/C15H23N3O2/c1-11-7-13(8-12(2)16-11)9-15(3)10-17(4)5-6-18(15)14(19)20/h7-8H,5-6,9-10H2,1-4H3,(H,19,20)/t15-/m0/s1. The number of rotatable bonds is 2. The van der Waals surface area contributed by atoms with Gasteiger partial charge >= 0.3 is 6.09 Å². The molecule has 0 aliphatic carbocycles. The van der Waals surface area contributed by atoms with Gasteiger partial charge in [-0.2, -0.15) is 0 Å². The lowest BCUT2D eigenvalue weighted by molar-refractivity contribution is 0.0256. The molecule has 0 bridgehead atoms. The molecule has 0 spiro atoms. The van der Waals surface area contributed by atoms with Gasteiger partial charge in [0, 0.05) is 31.0 Å². The molecule has 2 heterocycles. The number of piperazine rings is 1. The van der Waals surface area contributed by atoms with Crippen molar-refractivity contribution in [2.45, 2.75) is 32.7 Å². The van der Waals surface area contributed by atoms with Gasteiger partial charge in [0.1, 0.15) is 0 Å². The molecular formula is C15H23N3O2. The van der Waals surface area contributed by atoms with Crippen LogP contribution in [-0.2, 0) is 6.42 Å². The van der Waals surface area contributed by atoms with Crippen LogP contribution in [0.2, 0.25) is 0 Å². The predicted octanol–water partition coefficient (Wildman–Crippen LogP) is 1.93. The third-order valence-electron chi connectivity index (χ3n) is 3.92. The lowest BCUT2D eigenvalue weighted by atomic mass is 9.88. The van der Waals surface area contributed by atoms with E-state index < -0.39 is 6.09 Å². The van der Waals surface area contributed by atoms with Crippen molar-refractivity contribution < 1.29 is 9.90 Å². The molecule has 0 radical (unpaired) electrons. The van der Waals surface area contributed by atoms with Crippen molar-refractivity contribution in [1.29, 1.82) is 0 Å². The van der Waals surface area contributed by atoms with Crippen molar-refractivity contribution in [3.63, 3.8) is 0 Å². The van der Waals surface area contributed by atoms with Crippen LogP contribution in [0.4, 0.5) is 4.79 Å². The van der Waals surface area contributed by atoms with Gasteiger partial charge in [0.2, 0.25) is 0 Å². The van der Waals surface area contributed by atoms with Crippen molar-refractivity contribution >= 4 is 6.09 Å². The van der Waals surface area contributed by atoms with Gasteiger partial charge in [-0.15, -0.1) is 0 Å². The number of amides is 1. The Hall–Kier alpha value is -1.62. The first-order chi connectivity index (χ1) is 9.30. The molecule has 2 rings (SSSR count). The first-order valence-electron chi connectivity index (χ1n) is 6.93. The van der Waals surface area contributed by atoms with Gasteiger partial charge in [-0.3, -0.25) is 4.98 Å². The fourth-order valence-corrected chi connectivity index (χ4v) is 3.23. The number of carbonyl (C=O) groups is 1. The van der Waals surface area contributed by atoms with Crippen LogP contribution in [0.5, 0.6) is 0 Å². The van der Waals surface area contributed by atoms with Gasteiger partial charge in [-0.1, -0.05) is 0 Å². The minimum absolute atomic E-state index is 0.390. The Balaban J connectivity index is 2.28. The number of aromatic nitrogens is 1. The lowest BCUT2D eigenvalue weighted by Crippen LogP contribution is -2.62. The third kappa shape index (κ3) is 3.10. The Morgan fingerprint density at radius 2 is 1.95 bits per heavy atom. The molecule has 1 amide bonds. The van der Waals surface area contributed by atoms with E-state index in [0.29, 0.717) is 13.0 Å². The Morgan fingerprint density at radius 3 is 2.50 bits per heavy atom. The summed E-state index contributed by atoms with van der Waals surface area (Å²) in [6, 6.07) is 4.10. The van der Waals surface area contributed by atoms with E-state index in [-0.39, 0.29) is 5.54 Å². The molecule has 110 valence electrons. The van der Waals surface area contributed by atoms with Crippen molar-refractivity contribution in [1.82, 2.24) is 14.8 Å². The monoisotopic (exact) mass is 277 g/mol. The zero-order valence-electron chi connectivity index (χ0n) is 12.7. The summed E-state index contributed by atoms with van der Waals surface area (Å²) < 4.78 is 0. The first-order valence-corrected chi connectivity index (χ1v) is 6.93. The summed E-state index contributed by atoms with van der Waals surface area (Å²) in [5, 5.41) is 9.44. The highest BCUT2D eigenvalue weighted by atomic mass is 16.4. The average Bonchev–Trinajstić information content (AvgIpc) is 2.25. The first kappa shape index (κ1) is 14.8. The Labute approximate surface area is 120 Å². The average molecular weight is 277 g/mol. The number of aryl methyl sites for hydroxylation is 2. The molecule has 5 heteroatoms. The molecule has 1 aromatic rings. The van der Waals surface area contributed by atoms with Crippen LogP contribution in [0.3, 0.4) is 0 Å². The number of nitrogens with zero attached hydrogens (tertiary/aromatic N) is 3. The molecule has 1 fully saturated rings. The van der Waals surface area contributed by atoms with Crippen LogP contribution < -0.4 is 0 Å². The van der Waals surface area contributed by atoms with E-state index in [0.717, 1.165) is 30.0 Å². The normalized spacial score (nSPS) is 23.9. The zero-order valence-corrected chi connectivity index (χ0v) is 12.7. The molecule has 1 aromatic heterocycles. The summed E-state index contributed by atoms with van der Waals surface area (Å²) in [4.78, 5) is 19.7. The molecule has 1 N–H and O–H groups in total. The maximum absolute atomic E-state index is 11.5. The number of pyridine rings is 1. The van der Waals surface area contributed by atoms with Gasteiger partial charge in [-0.25, -0.2) is 4.79 Å². The molecule has 5 nitrogen and oxygen atoms in total. The Bertz CT molecular complexity index is 498. The van der Waals surface area contributed by atoms with Gasteiger partial charge in [0.15, 0.2) is 0 Å². The van der Waals surface area contributed by atoms with Crippen LogP contribution in [-0.4, -0.2) is 58.2 Å². The van der Waals surface area contributed by atoms with Gasteiger partial charge in [-0.05, 0) is 51.9 Å². The minimum atomic E-state index is -0.830. The molecule has 1 saturated heterocycles. The van der Waals surface area contributed by atoms with E-state index in [1.165, 1.54) is 0 Å². The molecule has 1 aliphatic rings. The number of carboxylic acid groups (broad SMARTS) is 1. The van der Waals surface area contributed by atoms with E-state index in [2.05, 4.69) is 9.88 Å². The van der Waals surface area contributed by atoms with Crippen LogP contribution in [0, 0.1) is 13.8 Å². The fraction of sp³-hybridized carbons (Fsp3) is 0.600. The van der Waals surface area contributed by atoms with Crippen molar-refractivity contribution in [3.8, 4) is 0 Å². The highest BCUT2D eigenvalue weighted by Gasteiger charge is 2.39. The van der Waals surface area contributed by atoms with Crippen molar-refractivity contribution in [2.75, 3.05) is 26.7 Å². The zero-order chi connectivity index (χ0) is 14.9. The second-order valence-electron chi connectivity index (χ2n) is 6.10. The van der Waals surface area contributed by atoms with Gasteiger partial charge < -0.3 is 14.9 Å². The minimum Gasteiger partial charge on any atom is -0.465 e. The van der Waals surface area contributed by atoms with Crippen LogP contribution in [0.25, 0.3) is 0 Å². The Morgan fingerprint density at radius 1 is 1.35 bits per heavy atom. The molecule has 20 heavy (non-hydrogen) atoms. The fourth-order valence-electron chi connectivity index (χ4n) is 3.23. The third-order valence-corrected chi connectivity index (χ3v) is 3.92. The molecule has 0 saturated carbocycles. The molecular weight excluding hydrogens is 254 g/mol. The number of likely N-dealkylation sites (N-methyl/N-ethyl adjacent to an activating group) is 1. The quantitative estimate of drug-likeness (QED) is 0.897. The van der Waals surface area contributed by atoms with E-state index in [1.54, 1.807) is 4.90 Å². The lowest BCUT2D eigenvalue weighted by Gasteiger charge is -2.47. The van der Waals surface area contributed by atoms with Gasteiger partial charge in [0.05, 0.1) is 5.54 Å². The summed E-state index contributed by atoms with van der Waals surface area (Å²) in [7, 11) is 2.04. The second-order valence-corrected chi connectivity index (χ2v) is 6.10. The predicted molar refractivity (Wildman–Crippen MR) is 78.0 cm³/mol. The molecule has 1 aliphatic heterocycles. The van der Waals surface area contributed by atoms with Crippen molar-refractivity contribution in [3.05, 3.63) is 29.1 Å². The molecule has 0 aromatic carbocycles. The highest BCUT2D eigenvalue weighted by molar-refractivity contribution is 5.66. The largest absolute Gasteiger partial charge is 0.465 e. The highest BCUT2D eigenvalue weighted by Crippen LogP contribution is 2.26. The van der Waals surface area contributed by atoms with Crippen LogP contribution in [0.15, 0.2) is 12.1 Å². The number of hydrogen-bond donors (Lipinski definition) is 1. The summed E-state index contributed by atoms with van der Waals surface area (Å²) in [6.07, 6.45) is -0.114. The molecule has 1 atom stereocenters. The van der Waals surface area contributed by atoms with E-state index in [4.69, 9.17) is 0 Å². The molecule has 0 unspecified atom stereocenters. The second kappa shape index (κ2) is 5.40. The number of hydrogen-bond acceptors (Lipinski definition) is 3.